The Hall–Kier alpha value is -1.23. The Labute approximate surface area is 137 Å². The number of fused-ring (bicyclic) bond motifs is 1. The molecule has 0 spiro atoms. The fraction of sp³-hybridized carbons (Fsp3) is 0.125. The van der Waals surface area contributed by atoms with Gasteiger partial charge < -0.3 is 0 Å². The summed E-state index contributed by atoms with van der Waals surface area (Å²) in [7, 11) is 0. The summed E-state index contributed by atoms with van der Waals surface area (Å²) in [5.74, 6) is 0.767. The van der Waals surface area contributed by atoms with E-state index >= 15 is 0 Å². The summed E-state index contributed by atoms with van der Waals surface area (Å²) in [4.78, 5) is 10.0. The molecule has 21 heavy (non-hydrogen) atoms. The van der Waals surface area contributed by atoms with E-state index < -0.39 is 0 Å². The minimum Gasteiger partial charge on any atom is -0.250 e. The summed E-state index contributed by atoms with van der Waals surface area (Å²) < 4.78 is 0. The zero-order valence-corrected chi connectivity index (χ0v) is 13.8. The molecule has 0 radical (unpaired) electrons. The van der Waals surface area contributed by atoms with Crippen molar-refractivity contribution in [1.82, 2.24) is 9.97 Å². The minimum atomic E-state index is 0.573. The van der Waals surface area contributed by atoms with Crippen LogP contribution in [0.5, 0.6) is 0 Å². The van der Waals surface area contributed by atoms with Crippen LogP contribution < -0.4 is 0 Å². The molecule has 0 aliphatic rings. The molecule has 5 heteroatoms. The first-order chi connectivity index (χ1) is 10.3. The molecule has 106 valence electrons. The molecular weight excluding hydrogens is 320 g/mol. The maximum Gasteiger partial charge on any atom is 0.133 e. The molecule has 2 heterocycles. The maximum atomic E-state index is 6.31. The van der Waals surface area contributed by atoms with Crippen LogP contribution in [0, 0.1) is 0 Å². The highest BCUT2D eigenvalue weighted by atomic mass is 35.5. The summed E-state index contributed by atoms with van der Waals surface area (Å²) in [5, 5.41) is 2.68. The molecule has 0 N–H and O–H groups in total. The zero-order valence-electron chi connectivity index (χ0n) is 11.4. The summed E-state index contributed by atoms with van der Waals surface area (Å²) >= 11 is 9.68. The van der Waals surface area contributed by atoms with Crippen molar-refractivity contribution in [1.29, 1.82) is 0 Å². The van der Waals surface area contributed by atoms with Crippen molar-refractivity contribution < 1.29 is 0 Å². The molecule has 0 aliphatic heterocycles. The first-order valence-electron chi connectivity index (χ1n) is 6.43. The summed E-state index contributed by atoms with van der Waals surface area (Å²) in [6, 6.07) is 14.3. The standard InChI is InChI=1S/C16H13ClN2S2/c1-20-13-6-5-11-8-12(16(17)19-14(11)9-13)10-21-15-4-2-3-7-18-15/h2-9H,10H2,1H3. The van der Waals surface area contributed by atoms with Crippen molar-refractivity contribution >= 4 is 46.0 Å². The molecule has 0 atom stereocenters. The van der Waals surface area contributed by atoms with E-state index in [0.717, 1.165) is 27.2 Å². The van der Waals surface area contributed by atoms with Crippen LogP contribution >= 0.6 is 35.1 Å². The highest BCUT2D eigenvalue weighted by molar-refractivity contribution is 7.98. The van der Waals surface area contributed by atoms with E-state index in [9.17, 15) is 0 Å². The fourth-order valence-corrected chi connectivity index (χ4v) is 3.54. The largest absolute Gasteiger partial charge is 0.250 e. The van der Waals surface area contributed by atoms with Gasteiger partial charge in [-0.15, -0.1) is 23.5 Å². The van der Waals surface area contributed by atoms with Gasteiger partial charge in [-0.2, -0.15) is 0 Å². The van der Waals surface area contributed by atoms with Gasteiger partial charge in [-0.3, -0.25) is 0 Å². The van der Waals surface area contributed by atoms with Crippen LogP contribution in [0.15, 0.2) is 58.6 Å². The molecule has 0 fully saturated rings. The third-order valence-corrected chi connectivity index (χ3v) is 5.11. The van der Waals surface area contributed by atoms with E-state index in [1.807, 2.05) is 18.2 Å². The lowest BCUT2D eigenvalue weighted by Crippen LogP contribution is -1.89. The van der Waals surface area contributed by atoms with Crippen molar-refractivity contribution in [2.24, 2.45) is 0 Å². The van der Waals surface area contributed by atoms with Crippen molar-refractivity contribution in [3.63, 3.8) is 0 Å². The van der Waals surface area contributed by atoms with Crippen LogP contribution in [0.4, 0.5) is 0 Å². The normalized spacial score (nSPS) is 11.0. The number of hydrogen-bond acceptors (Lipinski definition) is 4. The molecule has 0 amide bonds. The van der Waals surface area contributed by atoms with E-state index in [2.05, 4.69) is 40.5 Å². The van der Waals surface area contributed by atoms with Crippen LogP contribution in [0.1, 0.15) is 5.56 Å². The smallest absolute Gasteiger partial charge is 0.133 e. The first-order valence-corrected chi connectivity index (χ1v) is 9.02. The Morgan fingerprint density at radius 1 is 1.14 bits per heavy atom. The number of hydrogen-bond donors (Lipinski definition) is 0. The highest BCUT2D eigenvalue weighted by Gasteiger charge is 2.07. The lowest BCUT2D eigenvalue weighted by Gasteiger charge is -2.07. The van der Waals surface area contributed by atoms with Gasteiger partial charge in [-0.05, 0) is 36.6 Å². The average Bonchev–Trinajstić information content (AvgIpc) is 2.53. The van der Waals surface area contributed by atoms with Gasteiger partial charge in [0, 0.05) is 27.8 Å². The molecular formula is C16H13ClN2S2. The van der Waals surface area contributed by atoms with Crippen LogP contribution in [-0.4, -0.2) is 16.2 Å². The zero-order chi connectivity index (χ0) is 14.7. The molecule has 0 bridgehead atoms. The number of aromatic nitrogens is 2. The van der Waals surface area contributed by atoms with E-state index in [1.54, 1.807) is 29.7 Å². The van der Waals surface area contributed by atoms with Crippen LogP contribution in [0.3, 0.4) is 0 Å². The molecule has 2 nitrogen and oxygen atoms in total. The van der Waals surface area contributed by atoms with Crippen molar-refractivity contribution in [3.05, 3.63) is 59.4 Å². The quantitative estimate of drug-likeness (QED) is 0.478. The monoisotopic (exact) mass is 332 g/mol. The van der Waals surface area contributed by atoms with E-state index in [1.165, 1.54) is 4.90 Å². The van der Waals surface area contributed by atoms with E-state index in [-0.39, 0.29) is 0 Å². The predicted molar refractivity (Wildman–Crippen MR) is 92.3 cm³/mol. The second kappa shape index (κ2) is 6.69. The van der Waals surface area contributed by atoms with Gasteiger partial charge >= 0.3 is 0 Å². The topological polar surface area (TPSA) is 25.8 Å². The van der Waals surface area contributed by atoms with Crippen LogP contribution in [0.2, 0.25) is 5.15 Å². The van der Waals surface area contributed by atoms with Gasteiger partial charge in [0.15, 0.2) is 0 Å². The van der Waals surface area contributed by atoms with Gasteiger partial charge in [0.05, 0.1) is 10.5 Å². The fourth-order valence-electron chi connectivity index (χ4n) is 1.98. The number of pyridine rings is 2. The lowest BCUT2D eigenvalue weighted by molar-refractivity contribution is 1.13. The van der Waals surface area contributed by atoms with Gasteiger partial charge in [-0.1, -0.05) is 23.7 Å². The molecule has 3 rings (SSSR count). The van der Waals surface area contributed by atoms with E-state index in [4.69, 9.17) is 11.6 Å². The molecule has 1 aromatic carbocycles. The SMILES string of the molecule is CSc1ccc2cc(CSc3ccccn3)c(Cl)nc2c1. The minimum absolute atomic E-state index is 0.573. The number of rotatable bonds is 4. The summed E-state index contributed by atoms with van der Waals surface area (Å²) in [6.07, 6.45) is 3.85. The maximum absolute atomic E-state index is 6.31. The molecule has 0 saturated carbocycles. The Morgan fingerprint density at radius 2 is 2.05 bits per heavy atom. The second-order valence-corrected chi connectivity index (χ2v) is 6.69. The molecule has 0 saturated heterocycles. The molecule has 3 aromatic rings. The van der Waals surface area contributed by atoms with E-state index in [0.29, 0.717) is 5.15 Å². The summed E-state index contributed by atoms with van der Waals surface area (Å²) in [6.45, 7) is 0. The van der Waals surface area contributed by atoms with Crippen molar-refractivity contribution in [2.75, 3.05) is 6.26 Å². The summed E-state index contributed by atoms with van der Waals surface area (Å²) in [5.41, 5.74) is 1.98. The molecule has 0 aliphatic carbocycles. The number of nitrogens with zero attached hydrogens (tertiary/aromatic N) is 2. The number of benzene rings is 1. The second-order valence-electron chi connectivity index (χ2n) is 4.45. The molecule has 0 unspecified atom stereocenters. The predicted octanol–water partition coefficient (Wildman–Crippen LogP) is 5.30. The molecule has 2 aromatic heterocycles. The van der Waals surface area contributed by atoms with Gasteiger partial charge in [0.1, 0.15) is 5.15 Å². The van der Waals surface area contributed by atoms with Crippen LogP contribution in [-0.2, 0) is 5.75 Å². The third kappa shape index (κ3) is 3.51. The van der Waals surface area contributed by atoms with Crippen molar-refractivity contribution in [3.8, 4) is 0 Å². The lowest BCUT2D eigenvalue weighted by atomic mass is 10.2. The number of thioether (sulfide) groups is 2. The van der Waals surface area contributed by atoms with Crippen molar-refractivity contribution in [2.45, 2.75) is 15.7 Å². The average molecular weight is 333 g/mol. The Balaban J connectivity index is 1.87. The third-order valence-electron chi connectivity index (χ3n) is 3.06. The highest BCUT2D eigenvalue weighted by Crippen LogP contribution is 2.28. The van der Waals surface area contributed by atoms with Crippen LogP contribution in [0.25, 0.3) is 10.9 Å². The van der Waals surface area contributed by atoms with Gasteiger partial charge in [0.25, 0.3) is 0 Å². The van der Waals surface area contributed by atoms with Gasteiger partial charge in [-0.25, -0.2) is 9.97 Å². The Morgan fingerprint density at radius 3 is 2.81 bits per heavy atom. The Kier molecular flexibility index (Phi) is 4.68. The number of halogens is 1. The van der Waals surface area contributed by atoms with Gasteiger partial charge in [0.2, 0.25) is 0 Å². The first kappa shape index (κ1) is 14.7. The Bertz CT molecular complexity index is 763.